The molecular weight excluding hydrogens is 248 g/mol. The molecule has 0 aliphatic carbocycles. The van der Waals surface area contributed by atoms with Crippen LogP contribution in [0.1, 0.15) is 18.9 Å². The van der Waals surface area contributed by atoms with Gasteiger partial charge in [0.05, 0.1) is 15.2 Å². The summed E-state index contributed by atoms with van der Waals surface area (Å²) in [6, 6.07) is 2.99. The van der Waals surface area contributed by atoms with Gasteiger partial charge in [0.2, 0.25) is 0 Å². The zero-order valence-corrected chi connectivity index (χ0v) is 10.4. The Labute approximate surface area is 101 Å². The number of halogens is 2. The molecule has 0 bridgehead atoms. The van der Waals surface area contributed by atoms with E-state index in [0.717, 1.165) is 9.71 Å². The fourth-order valence-corrected chi connectivity index (χ4v) is 2.32. The van der Waals surface area contributed by atoms with E-state index in [0.29, 0.717) is 5.52 Å². The smallest absolute Gasteiger partial charge is 0.395 e. The topological polar surface area (TPSA) is 31.4 Å². The third kappa shape index (κ3) is 2.17. The molecule has 1 aromatic heterocycles. The Morgan fingerprint density at radius 2 is 1.76 bits per heavy atom. The van der Waals surface area contributed by atoms with Gasteiger partial charge in [-0.05, 0) is 6.92 Å². The fraction of sp³-hybridized carbons (Fsp3) is 0.364. The molecule has 2 heterocycles. The number of hydrogen-bond acceptors (Lipinski definition) is 4. The van der Waals surface area contributed by atoms with Crippen molar-refractivity contribution in [3.63, 3.8) is 0 Å². The summed E-state index contributed by atoms with van der Waals surface area (Å²) in [7, 11) is 0. The predicted octanol–water partition coefficient (Wildman–Crippen LogP) is 3.95. The molecule has 1 aliphatic rings. The Kier molecular flexibility index (Phi) is 2.91. The molecule has 17 heavy (non-hydrogen) atoms. The molecule has 2 aromatic rings. The van der Waals surface area contributed by atoms with Gasteiger partial charge in [-0.15, -0.1) is 20.1 Å². The molecule has 1 aromatic carbocycles. The Balaban J connectivity index is 0.000000514. The second kappa shape index (κ2) is 4.10. The van der Waals surface area contributed by atoms with Crippen LogP contribution < -0.4 is 9.47 Å². The second-order valence-electron chi connectivity index (χ2n) is 3.17. The number of ether oxygens (including phenoxy) is 2. The lowest BCUT2D eigenvalue weighted by Crippen LogP contribution is -2.25. The van der Waals surface area contributed by atoms with Crippen molar-refractivity contribution in [3.05, 3.63) is 17.1 Å². The summed E-state index contributed by atoms with van der Waals surface area (Å²) in [6.45, 7) is 5.85. The van der Waals surface area contributed by atoms with E-state index < -0.39 is 6.29 Å². The molecular formula is C11H11F2NO2S. The first-order valence-corrected chi connectivity index (χ1v) is 6.02. The molecule has 92 valence electrons. The van der Waals surface area contributed by atoms with Crippen LogP contribution in [0.4, 0.5) is 8.78 Å². The first kappa shape index (κ1) is 12.0. The number of thiazole rings is 1. The maximum atomic E-state index is 12.7. The van der Waals surface area contributed by atoms with Crippen molar-refractivity contribution >= 4 is 21.6 Å². The van der Waals surface area contributed by atoms with E-state index in [1.807, 2.05) is 20.8 Å². The van der Waals surface area contributed by atoms with E-state index in [9.17, 15) is 8.78 Å². The average Bonchev–Trinajstić information content (AvgIpc) is 2.73. The van der Waals surface area contributed by atoms with Gasteiger partial charge in [-0.3, -0.25) is 0 Å². The van der Waals surface area contributed by atoms with Crippen LogP contribution in [0.5, 0.6) is 11.5 Å². The van der Waals surface area contributed by atoms with Crippen LogP contribution in [0, 0.1) is 6.92 Å². The summed E-state index contributed by atoms with van der Waals surface area (Å²) in [5, 5.41) is 0.875. The van der Waals surface area contributed by atoms with E-state index in [1.54, 1.807) is 0 Å². The molecule has 0 atom stereocenters. The summed E-state index contributed by atoms with van der Waals surface area (Å²) in [5.41, 5.74) is 0.651. The summed E-state index contributed by atoms with van der Waals surface area (Å²) in [6.07, 6.45) is -3.55. The molecule has 3 rings (SSSR count). The highest BCUT2D eigenvalue weighted by molar-refractivity contribution is 7.18. The number of rotatable bonds is 0. The summed E-state index contributed by atoms with van der Waals surface area (Å²) in [5.74, 6) is 0.106. The van der Waals surface area contributed by atoms with Gasteiger partial charge in [0.15, 0.2) is 11.5 Å². The van der Waals surface area contributed by atoms with Crippen molar-refractivity contribution < 1.29 is 18.3 Å². The lowest BCUT2D eigenvalue weighted by atomic mass is 10.3. The van der Waals surface area contributed by atoms with Crippen LogP contribution in [0.25, 0.3) is 10.2 Å². The van der Waals surface area contributed by atoms with Crippen LogP contribution >= 0.6 is 11.3 Å². The Morgan fingerprint density at radius 3 is 2.41 bits per heavy atom. The van der Waals surface area contributed by atoms with Gasteiger partial charge < -0.3 is 9.47 Å². The van der Waals surface area contributed by atoms with E-state index in [4.69, 9.17) is 0 Å². The Hall–Kier alpha value is -1.43. The first-order chi connectivity index (χ1) is 8.03. The Morgan fingerprint density at radius 1 is 1.18 bits per heavy atom. The quantitative estimate of drug-likeness (QED) is 0.717. The molecule has 0 unspecified atom stereocenters. The molecule has 1 aliphatic heterocycles. The minimum Gasteiger partial charge on any atom is -0.395 e. The molecule has 0 amide bonds. The molecule has 0 N–H and O–H groups in total. The molecule has 0 saturated heterocycles. The highest BCUT2D eigenvalue weighted by Crippen LogP contribution is 2.43. The SMILES string of the molecule is CC.Cc1nc2cc3c(cc2s1)OC(F)(F)O3. The number of fused-ring (bicyclic) bond motifs is 2. The van der Waals surface area contributed by atoms with Crippen molar-refractivity contribution in [2.75, 3.05) is 0 Å². The zero-order valence-electron chi connectivity index (χ0n) is 9.58. The van der Waals surface area contributed by atoms with Crippen LogP contribution in [-0.2, 0) is 0 Å². The minimum atomic E-state index is -3.55. The maximum Gasteiger partial charge on any atom is 0.586 e. The summed E-state index contributed by atoms with van der Waals surface area (Å²) < 4.78 is 34.9. The van der Waals surface area contributed by atoms with E-state index >= 15 is 0 Å². The molecule has 3 nitrogen and oxygen atoms in total. The van der Waals surface area contributed by atoms with Crippen molar-refractivity contribution in [2.24, 2.45) is 0 Å². The largest absolute Gasteiger partial charge is 0.586 e. The first-order valence-electron chi connectivity index (χ1n) is 5.20. The van der Waals surface area contributed by atoms with Gasteiger partial charge >= 0.3 is 6.29 Å². The molecule has 0 saturated carbocycles. The second-order valence-corrected chi connectivity index (χ2v) is 4.40. The lowest BCUT2D eigenvalue weighted by Gasteiger charge is -2.04. The Bertz CT molecular complexity index is 509. The number of nitrogens with zero attached hydrogens (tertiary/aromatic N) is 1. The van der Waals surface area contributed by atoms with Crippen molar-refractivity contribution in [1.82, 2.24) is 4.98 Å². The van der Waals surface area contributed by atoms with E-state index in [1.165, 1.54) is 23.5 Å². The third-order valence-corrected chi connectivity index (χ3v) is 2.95. The van der Waals surface area contributed by atoms with Crippen LogP contribution in [0.2, 0.25) is 0 Å². The number of hydrogen-bond donors (Lipinski definition) is 0. The van der Waals surface area contributed by atoms with Crippen LogP contribution in [0.3, 0.4) is 0 Å². The van der Waals surface area contributed by atoms with Crippen LogP contribution in [-0.4, -0.2) is 11.3 Å². The third-order valence-electron chi connectivity index (χ3n) is 2.02. The lowest BCUT2D eigenvalue weighted by molar-refractivity contribution is -0.286. The molecule has 0 spiro atoms. The fourth-order valence-electron chi connectivity index (χ4n) is 1.49. The molecule has 0 fully saturated rings. The van der Waals surface area contributed by atoms with Gasteiger partial charge in [0, 0.05) is 12.1 Å². The highest BCUT2D eigenvalue weighted by atomic mass is 32.1. The minimum absolute atomic E-state index is 0.0396. The van der Waals surface area contributed by atoms with Gasteiger partial charge in [-0.1, -0.05) is 13.8 Å². The average molecular weight is 259 g/mol. The van der Waals surface area contributed by atoms with Crippen LogP contribution in [0.15, 0.2) is 12.1 Å². The van der Waals surface area contributed by atoms with Gasteiger partial charge in [0.1, 0.15) is 0 Å². The predicted molar refractivity (Wildman–Crippen MR) is 61.9 cm³/mol. The molecule has 6 heteroatoms. The van der Waals surface area contributed by atoms with Gasteiger partial charge in [-0.25, -0.2) is 4.98 Å². The highest BCUT2D eigenvalue weighted by Gasteiger charge is 2.43. The van der Waals surface area contributed by atoms with Crippen molar-refractivity contribution in [1.29, 1.82) is 0 Å². The summed E-state index contributed by atoms with van der Waals surface area (Å²) in [4.78, 5) is 4.18. The van der Waals surface area contributed by atoms with E-state index in [-0.39, 0.29) is 11.5 Å². The van der Waals surface area contributed by atoms with Gasteiger partial charge in [0.25, 0.3) is 0 Å². The standard InChI is InChI=1S/C9H5F2NO2S.C2H6/c1-4-12-5-2-6-7(3-8(5)15-4)14-9(10,11)13-6;1-2/h2-3H,1H3;1-2H3. The maximum absolute atomic E-state index is 12.7. The van der Waals surface area contributed by atoms with Crippen molar-refractivity contribution in [3.8, 4) is 11.5 Å². The number of aryl methyl sites for hydroxylation is 1. The number of aromatic nitrogens is 1. The number of benzene rings is 1. The summed E-state index contributed by atoms with van der Waals surface area (Å²) >= 11 is 1.43. The molecule has 0 radical (unpaired) electrons. The monoisotopic (exact) mass is 259 g/mol. The van der Waals surface area contributed by atoms with E-state index in [2.05, 4.69) is 14.5 Å². The normalized spacial score (nSPS) is 15.6. The van der Waals surface area contributed by atoms with Crippen molar-refractivity contribution in [2.45, 2.75) is 27.1 Å². The zero-order chi connectivity index (χ0) is 12.6. The van der Waals surface area contributed by atoms with Gasteiger partial charge in [-0.2, -0.15) is 0 Å². The number of alkyl halides is 2.